The maximum atomic E-state index is 6.03. The van der Waals surface area contributed by atoms with Gasteiger partial charge in [-0.25, -0.2) is 9.97 Å². The Morgan fingerprint density at radius 3 is 2.94 bits per heavy atom. The van der Waals surface area contributed by atoms with Crippen molar-refractivity contribution in [3.63, 3.8) is 0 Å². The maximum Gasteiger partial charge on any atom is 0.238 e. The lowest BCUT2D eigenvalue weighted by molar-refractivity contribution is 0.0859. The Morgan fingerprint density at radius 1 is 1.41 bits per heavy atom. The number of nitrogens with two attached hydrogens (primary N) is 1. The van der Waals surface area contributed by atoms with Gasteiger partial charge in [0.05, 0.1) is 0 Å². The first-order chi connectivity index (χ1) is 8.22. The van der Waals surface area contributed by atoms with Gasteiger partial charge in [-0.2, -0.15) is 0 Å². The average Bonchev–Trinajstić information content (AvgIpc) is 2.35. The molecule has 0 aliphatic heterocycles. The summed E-state index contributed by atoms with van der Waals surface area (Å²) < 4.78 is 5.91. The van der Waals surface area contributed by atoms with Gasteiger partial charge < -0.3 is 10.5 Å². The van der Waals surface area contributed by atoms with Crippen molar-refractivity contribution in [1.82, 2.24) is 9.97 Å². The van der Waals surface area contributed by atoms with Crippen LogP contribution in [-0.2, 0) is 0 Å². The molecule has 94 valence electrons. The van der Waals surface area contributed by atoms with Crippen molar-refractivity contribution < 1.29 is 4.74 Å². The molecular weight excluding hydrogens is 238 g/mol. The third-order valence-corrected chi connectivity index (χ3v) is 3.77. The second kappa shape index (κ2) is 5.54. The Hall–Kier alpha value is -1.03. The molecule has 2 rings (SSSR count). The van der Waals surface area contributed by atoms with Gasteiger partial charge in [0.15, 0.2) is 0 Å². The molecule has 1 aliphatic carbocycles. The molecule has 2 atom stereocenters. The molecule has 0 spiro atoms. The van der Waals surface area contributed by atoms with Crippen LogP contribution >= 0.6 is 11.6 Å². The summed E-state index contributed by atoms with van der Waals surface area (Å²) in [6.45, 7) is 2.20. The van der Waals surface area contributed by atoms with Crippen LogP contribution in [0.2, 0.25) is 5.02 Å². The number of nitrogen functional groups attached to an aromatic ring is 1. The van der Waals surface area contributed by atoms with Crippen LogP contribution < -0.4 is 10.5 Å². The molecule has 1 heterocycles. The molecule has 2 unspecified atom stereocenters. The van der Waals surface area contributed by atoms with E-state index in [-0.39, 0.29) is 11.9 Å². The zero-order valence-electron chi connectivity index (χ0n) is 10.0. The lowest BCUT2D eigenvalue weighted by Gasteiger charge is -2.30. The number of rotatable bonds is 3. The summed E-state index contributed by atoms with van der Waals surface area (Å²) in [6, 6.07) is 0. The number of hydrogen-bond donors (Lipinski definition) is 1. The average molecular weight is 256 g/mol. The van der Waals surface area contributed by atoms with Crippen LogP contribution in [0.4, 0.5) is 5.82 Å². The van der Waals surface area contributed by atoms with E-state index < -0.39 is 0 Å². The summed E-state index contributed by atoms with van der Waals surface area (Å²) in [5.74, 6) is 1.29. The van der Waals surface area contributed by atoms with Gasteiger partial charge in [0.1, 0.15) is 23.3 Å². The highest BCUT2D eigenvalue weighted by molar-refractivity contribution is 6.33. The first-order valence-electron chi connectivity index (χ1n) is 6.15. The fourth-order valence-electron chi connectivity index (χ4n) is 2.39. The minimum Gasteiger partial charge on any atom is -0.473 e. The van der Waals surface area contributed by atoms with Crippen molar-refractivity contribution in [2.75, 3.05) is 5.73 Å². The standard InChI is InChI=1S/C12H18ClN3O/c1-2-8-5-3-4-6-9(8)17-12-10(13)11(14)15-7-16-12/h7-9H,2-6H2,1H3,(H2,14,15,16). The van der Waals surface area contributed by atoms with Gasteiger partial charge in [-0.15, -0.1) is 0 Å². The molecule has 0 radical (unpaired) electrons. The number of aromatic nitrogens is 2. The van der Waals surface area contributed by atoms with Gasteiger partial charge in [0.25, 0.3) is 0 Å². The predicted octanol–water partition coefficient (Wildman–Crippen LogP) is 3.06. The van der Waals surface area contributed by atoms with E-state index in [0.29, 0.717) is 16.8 Å². The minimum absolute atomic E-state index is 0.209. The molecule has 1 saturated carbocycles. The van der Waals surface area contributed by atoms with Gasteiger partial charge in [-0.05, 0) is 31.6 Å². The zero-order chi connectivity index (χ0) is 12.3. The van der Waals surface area contributed by atoms with Crippen LogP contribution in [0.3, 0.4) is 0 Å². The topological polar surface area (TPSA) is 61.0 Å². The van der Waals surface area contributed by atoms with E-state index in [1.165, 1.54) is 25.6 Å². The summed E-state index contributed by atoms with van der Waals surface area (Å²) in [5.41, 5.74) is 5.63. The van der Waals surface area contributed by atoms with Crippen LogP contribution in [0, 0.1) is 5.92 Å². The van der Waals surface area contributed by atoms with E-state index in [2.05, 4.69) is 16.9 Å². The number of halogens is 1. The molecule has 0 amide bonds. The number of nitrogens with zero attached hydrogens (tertiary/aromatic N) is 2. The molecule has 1 fully saturated rings. The maximum absolute atomic E-state index is 6.03. The highest BCUT2D eigenvalue weighted by Crippen LogP contribution is 2.33. The molecule has 17 heavy (non-hydrogen) atoms. The van der Waals surface area contributed by atoms with Gasteiger partial charge in [0, 0.05) is 0 Å². The van der Waals surface area contributed by atoms with Crippen LogP contribution in [0.5, 0.6) is 5.88 Å². The number of anilines is 1. The van der Waals surface area contributed by atoms with Crippen molar-refractivity contribution in [2.45, 2.75) is 45.1 Å². The van der Waals surface area contributed by atoms with Gasteiger partial charge in [0.2, 0.25) is 5.88 Å². The Bertz CT molecular complexity index is 386. The van der Waals surface area contributed by atoms with Crippen molar-refractivity contribution in [3.8, 4) is 5.88 Å². The first kappa shape index (κ1) is 12.4. The van der Waals surface area contributed by atoms with Crippen LogP contribution in [0.1, 0.15) is 39.0 Å². The molecule has 1 aliphatic rings. The Morgan fingerprint density at radius 2 is 2.18 bits per heavy atom. The second-order valence-corrected chi connectivity index (χ2v) is 4.87. The SMILES string of the molecule is CCC1CCCCC1Oc1ncnc(N)c1Cl. The van der Waals surface area contributed by atoms with Crippen molar-refractivity contribution in [3.05, 3.63) is 11.3 Å². The van der Waals surface area contributed by atoms with E-state index in [4.69, 9.17) is 22.1 Å². The van der Waals surface area contributed by atoms with E-state index in [1.807, 2.05) is 0 Å². The number of ether oxygens (including phenoxy) is 1. The van der Waals surface area contributed by atoms with Crippen molar-refractivity contribution in [1.29, 1.82) is 0 Å². The largest absolute Gasteiger partial charge is 0.473 e. The monoisotopic (exact) mass is 255 g/mol. The smallest absolute Gasteiger partial charge is 0.238 e. The number of hydrogen-bond acceptors (Lipinski definition) is 4. The van der Waals surface area contributed by atoms with Gasteiger partial charge >= 0.3 is 0 Å². The fraction of sp³-hybridized carbons (Fsp3) is 0.667. The van der Waals surface area contributed by atoms with E-state index >= 15 is 0 Å². The molecule has 0 saturated heterocycles. The molecule has 1 aromatic rings. The summed E-state index contributed by atoms with van der Waals surface area (Å²) in [5, 5.41) is 0.327. The zero-order valence-corrected chi connectivity index (χ0v) is 10.8. The quantitative estimate of drug-likeness (QED) is 0.902. The molecule has 0 bridgehead atoms. The Balaban J connectivity index is 2.11. The summed E-state index contributed by atoms with van der Waals surface area (Å²) in [6.07, 6.45) is 7.51. The second-order valence-electron chi connectivity index (χ2n) is 4.49. The molecule has 4 nitrogen and oxygen atoms in total. The summed E-state index contributed by atoms with van der Waals surface area (Å²) in [7, 11) is 0. The Labute approximate surface area is 107 Å². The molecular formula is C12H18ClN3O. The van der Waals surface area contributed by atoms with Gasteiger partial charge in [-0.3, -0.25) is 0 Å². The molecule has 2 N–H and O–H groups in total. The summed E-state index contributed by atoms with van der Waals surface area (Å²) in [4.78, 5) is 7.88. The fourth-order valence-corrected chi connectivity index (χ4v) is 2.53. The minimum atomic E-state index is 0.209. The van der Waals surface area contributed by atoms with Crippen LogP contribution in [-0.4, -0.2) is 16.1 Å². The normalized spacial score (nSPS) is 24.6. The molecule has 1 aromatic heterocycles. The van der Waals surface area contributed by atoms with Crippen molar-refractivity contribution in [2.24, 2.45) is 5.92 Å². The lowest BCUT2D eigenvalue weighted by Crippen LogP contribution is -2.30. The van der Waals surface area contributed by atoms with E-state index in [0.717, 1.165) is 12.8 Å². The Kier molecular flexibility index (Phi) is 4.05. The third-order valence-electron chi connectivity index (χ3n) is 3.41. The predicted molar refractivity (Wildman–Crippen MR) is 68.1 cm³/mol. The van der Waals surface area contributed by atoms with Crippen molar-refractivity contribution >= 4 is 17.4 Å². The summed E-state index contributed by atoms with van der Waals surface area (Å²) >= 11 is 6.03. The van der Waals surface area contributed by atoms with E-state index in [9.17, 15) is 0 Å². The van der Waals surface area contributed by atoms with Crippen LogP contribution in [0.25, 0.3) is 0 Å². The van der Waals surface area contributed by atoms with Gasteiger partial charge in [-0.1, -0.05) is 24.9 Å². The third kappa shape index (κ3) is 2.80. The highest BCUT2D eigenvalue weighted by atomic mass is 35.5. The highest BCUT2D eigenvalue weighted by Gasteiger charge is 2.26. The van der Waals surface area contributed by atoms with E-state index in [1.54, 1.807) is 0 Å². The first-order valence-corrected chi connectivity index (χ1v) is 6.52. The molecule has 5 heteroatoms. The molecule has 0 aromatic carbocycles. The van der Waals surface area contributed by atoms with Crippen LogP contribution in [0.15, 0.2) is 6.33 Å². The lowest BCUT2D eigenvalue weighted by atomic mass is 9.85.